The van der Waals surface area contributed by atoms with Gasteiger partial charge in [-0.25, -0.2) is 0 Å². The van der Waals surface area contributed by atoms with Crippen molar-refractivity contribution in [2.75, 3.05) is 27.2 Å². The van der Waals surface area contributed by atoms with Crippen LogP contribution in [0.5, 0.6) is 0 Å². The predicted molar refractivity (Wildman–Crippen MR) is 58.6 cm³/mol. The molecule has 1 heterocycles. The van der Waals surface area contributed by atoms with Gasteiger partial charge in [-0.1, -0.05) is 0 Å². The van der Waals surface area contributed by atoms with Gasteiger partial charge in [-0.15, -0.1) is 24.8 Å². The Morgan fingerprint density at radius 1 is 1.33 bits per heavy atom. The van der Waals surface area contributed by atoms with Crippen molar-refractivity contribution < 1.29 is 0 Å². The van der Waals surface area contributed by atoms with Gasteiger partial charge < -0.3 is 10.2 Å². The third kappa shape index (κ3) is 3.94. The topological polar surface area (TPSA) is 15.3 Å². The van der Waals surface area contributed by atoms with E-state index in [1.807, 2.05) is 0 Å². The molecule has 1 fully saturated rings. The molecule has 1 saturated heterocycles. The van der Waals surface area contributed by atoms with E-state index in [4.69, 9.17) is 0 Å². The molecule has 0 aromatic carbocycles. The third-order valence-corrected chi connectivity index (χ3v) is 2.60. The molecule has 76 valence electrons. The Bertz CT molecular complexity index is 103. The van der Waals surface area contributed by atoms with Gasteiger partial charge in [0, 0.05) is 6.04 Å². The lowest BCUT2D eigenvalue weighted by Crippen LogP contribution is -2.33. The minimum Gasteiger partial charge on any atom is -0.316 e. The van der Waals surface area contributed by atoms with Gasteiger partial charge in [0.1, 0.15) is 0 Å². The van der Waals surface area contributed by atoms with Gasteiger partial charge in [0.05, 0.1) is 0 Å². The van der Waals surface area contributed by atoms with Crippen LogP contribution in [0.25, 0.3) is 0 Å². The molecule has 0 saturated carbocycles. The first kappa shape index (κ1) is 15.0. The molecule has 2 unspecified atom stereocenters. The van der Waals surface area contributed by atoms with Crippen LogP contribution in [-0.4, -0.2) is 38.1 Å². The summed E-state index contributed by atoms with van der Waals surface area (Å²) >= 11 is 0. The number of nitrogens with one attached hydrogen (secondary N) is 1. The average molecular weight is 215 g/mol. The summed E-state index contributed by atoms with van der Waals surface area (Å²) < 4.78 is 0. The fraction of sp³-hybridized carbons (Fsp3) is 1.00. The fourth-order valence-corrected chi connectivity index (χ4v) is 1.51. The summed E-state index contributed by atoms with van der Waals surface area (Å²) in [5.41, 5.74) is 0. The zero-order valence-corrected chi connectivity index (χ0v) is 9.67. The monoisotopic (exact) mass is 214 g/mol. The molecule has 0 radical (unpaired) electrons. The molecule has 0 aromatic heterocycles. The van der Waals surface area contributed by atoms with E-state index in [2.05, 4.69) is 31.2 Å². The van der Waals surface area contributed by atoms with Crippen molar-refractivity contribution in [2.24, 2.45) is 5.92 Å². The zero-order chi connectivity index (χ0) is 7.56. The Hall–Kier alpha value is 0.500. The zero-order valence-electron chi connectivity index (χ0n) is 8.04. The highest BCUT2D eigenvalue weighted by Crippen LogP contribution is 2.15. The summed E-state index contributed by atoms with van der Waals surface area (Å²) in [6, 6.07) is 0.731. The lowest BCUT2D eigenvalue weighted by Gasteiger charge is -2.25. The van der Waals surface area contributed by atoms with E-state index in [0.29, 0.717) is 0 Å². The normalized spacial score (nSPS) is 24.5. The third-order valence-electron chi connectivity index (χ3n) is 2.60. The van der Waals surface area contributed by atoms with Gasteiger partial charge in [-0.2, -0.15) is 0 Å². The van der Waals surface area contributed by atoms with Gasteiger partial charge in [-0.05, 0) is 46.4 Å². The molecule has 2 atom stereocenters. The molecule has 1 aliphatic heterocycles. The molecule has 0 aromatic rings. The van der Waals surface area contributed by atoms with Crippen molar-refractivity contribution in [3.63, 3.8) is 0 Å². The first-order valence-electron chi connectivity index (χ1n) is 4.09. The minimum absolute atomic E-state index is 0. The first-order chi connectivity index (χ1) is 4.72. The summed E-state index contributed by atoms with van der Waals surface area (Å²) in [4.78, 5) is 2.30. The molecule has 1 aliphatic rings. The summed E-state index contributed by atoms with van der Waals surface area (Å²) in [7, 11) is 4.31. The Balaban J connectivity index is 0. The smallest absolute Gasteiger partial charge is 0.0102 e. The molecule has 2 nitrogen and oxygen atoms in total. The van der Waals surface area contributed by atoms with E-state index in [9.17, 15) is 0 Å². The molecule has 0 aliphatic carbocycles. The Labute approximate surface area is 87.9 Å². The van der Waals surface area contributed by atoms with Crippen molar-refractivity contribution >= 4 is 24.8 Å². The fourth-order valence-electron chi connectivity index (χ4n) is 1.51. The van der Waals surface area contributed by atoms with Gasteiger partial charge in [-0.3, -0.25) is 0 Å². The van der Waals surface area contributed by atoms with Crippen molar-refractivity contribution in [2.45, 2.75) is 19.4 Å². The Kier molecular flexibility index (Phi) is 8.69. The van der Waals surface area contributed by atoms with Gasteiger partial charge in [0.2, 0.25) is 0 Å². The Morgan fingerprint density at radius 3 is 2.25 bits per heavy atom. The van der Waals surface area contributed by atoms with E-state index in [0.717, 1.165) is 12.0 Å². The summed E-state index contributed by atoms with van der Waals surface area (Å²) in [6.45, 7) is 4.72. The summed E-state index contributed by atoms with van der Waals surface area (Å²) in [5, 5.41) is 3.38. The number of hydrogen-bond donors (Lipinski definition) is 1. The van der Waals surface area contributed by atoms with E-state index in [1.54, 1.807) is 0 Å². The van der Waals surface area contributed by atoms with Gasteiger partial charge in [0.25, 0.3) is 0 Å². The van der Waals surface area contributed by atoms with Crippen molar-refractivity contribution in [3.8, 4) is 0 Å². The summed E-state index contributed by atoms with van der Waals surface area (Å²) in [6.07, 6.45) is 1.35. The molecular weight excluding hydrogens is 195 g/mol. The molecule has 0 spiro atoms. The number of halogens is 2. The molecule has 0 amide bonds. The van der Waals surface area contributed by atoms with E-state index >= 15 is 0 Å². The molecule has 12 heavy (non-hydrogen) atoms. The largest absolute Gasteiger partial charge is 0.316 e. The van der Waals surface area contributed by atoms with Crippen LogP contribution >= 0.6 is 24.8 Å². The number of hydrogen-bond acceptors (Lipinski definition) is 2. The van der Waals surface area contributed by atoms with E-state index in [1.165, 1.54) is 19.5 Å². The van der Waals surface area contributed by atoms with Crippen LogP contribution in [0.15, 0.2) is 0 Å². The molecule has 1 N–H and O–H groups in total. The SMILES string of the molecule is CC(C1CCNC1)N(C)C.Cl.Cl. The van der Waals surface area contributed by atoms with Crippen LogP contribution in [0.2, 0.25) is 0 Å². The molecular formula is C8H20Cl2N2. The van der Waals surface area contributed by atoms with Crippen molar-refractivity contribution in [1.29, 1.82) is 0 Å². The molecule has 1 rings (SSSR count). The van der Waals surface area contributed by atoms with Crippen LogP contribution in [0.3, 0.4) is 0 Å². The van der Waals surface area contributed by atoms with Crippen LogP contribution in [-0.2, 0) is 0 Å². The number of rotatable bonds is 2. The van der Waals surface area contributed by atoms with Crippen molar-refractivity contribution in [1.82, 2.24) is 10.2 Å². The molecule has 4 heteroatoms. The van der Waals surface area contributed by atoms with Gasteiger partial charge >= 0.3 is 0 Å². The van der Waals surface area contributed by atoms with E-state index < -0.39 is 0 Å². The highest BCUT2D eigenvalue weighted by molar-refractivity contribution is 5.85. The van der Waals surface area contributed by atoms with Crippen LogP contribution in [0.1, 0.15) is 13.3 Å². The lowest BCUT2D eigenvalue weighted by atomic mass is 10.00. The first-order valence-corrected chi connectivity index (χ1v) is 4.09. The predicted octanol–water partition coefficient (Wildman–Crippen LogP) is 1.39. The maximum Gasteiger partial charge on any atom is 0.0102 e. The standard InChI is InChI=1S/C8H18N2.2ClH/c1-7(10(2)3)8-4-5-9-6-8;;/h7-9H,4-6H2,1-3H3;2*1H. The highest BCUT2D eigenvalue weighted by Gasteiger charge is 2.21. The quantitative estimate of drug-likeness (QED) is 0.748. The van der Waals surface area contributed by atoms with Crippen LogP contribution < -0.4 is 5.32 Å². The molecule has 0 bridgehead atoms. The second-order valence-corrected chi connectivity index (χ2v) is 3.46. The highest BCUT2D eigenvalue weighted by atomic mass is 35.5. The summed E-state index contributed by atoms with van der Waals surface area (Å²) in [5.74, 6) is 0.870. The lowest BCUT2D eigenvalue weighted by molar-refractivity contribution is 0.238. The maximum absolute atomic E-state index is 3.38. The van der Waals surface area contributed by atoms with Gasteiger partial charge in [0.15, 0.2) is 0 Å². The van der Waals surface area contributed by atoms with Crippen molar-refractivity contribution in [3.05, 3.63) is 0 Å². The van der Waals surface area contributed by atoms with E-state index in [-0.39, 0.29) is 24.8 Å². The van der Waals surface area contributed by atoms with Crippen LogP contribution in [0, 0.1) is 5.92 Å². The minimum atomic E-state index is 0. The van der Waals surface area contributed by atoms with Crippen LogP contribution in [0.4, 0.5) is 0 Å². The Morgan fingerprint density at radius 2 is 1.92 bits per heavy atom. The second kappa shape index (κ2) is 6.96. The average Bonchev–Trinajstić information content (AvgIpc) is 2.36. The number of nitrogens with zero attached hydrogens (tertiary/aromatic N) is 1. The maximum atomic E-state index is 3.38. The second-order valence-electron chi connectivity index (χ2n) is 3.46.